The third kappa shape index (κ3) is 2.32. The van der Waals surface area contributed by atoms with Gasteiger partial charge in [0.05, 0.1) is 18.0 Å². The maximum atomic E-state index is 11.4. The Kier molecular flexibility index (Phi) is 3.28. The summed E-state index contributed by atoms with van der Waals surface area (Å²) in [5.74, 6) is -0.863. The Bertz CT molecular complexity index is 625. The van der Waals surface area contributed by atoms with Crippen molar-refractivity contribution in [3.05, 3.63) is 47.3 Å². The molecule has 0 spiro atoms. The molecule has 5 heteroatoms. The van der Waals surface area contributed by atoms with Crippen LogP contribution in [0.15, 0.2) is 30.5 Å². The Morgan fingerprint density at radius 1 is 1.40 bits per heavy atom. The molecule has 2 heterocycles. The van der Waals surface area contributed by atoms with Crippen molar-refractivity contribution in [3.8, 4) is 5.69 Å². The molecule has 1 aromatic heterocycles. The maximum Gasteiger partial charge on any atom is 0.339 e. The molecule has 3 rings (SSSR count). The summed E-state index contributed by atoms with van der Waals surface area (Å²) in [5.41, 5.74) is 2.91. The van der Waals surface area contributed by atoms with Gasteiger partial charge in [-0.3, -0.25) is 0 Å². The van der Waals surface area contributed by atoms with Gasteiger partial charge in [-0.05, 0) is 25.5 Å². The zero-order chi connectivity index (χ0) is 14.1. The Labute approximate surface area is 116 Å². The highest BCUT2D eigenvalue weighted by molar-refractivity contribution is 5.89. The van der Waals surface area contributed by atoms with E-state index in [0.717, 1.165) is 17.7 Å². The van der Waals surface area contributed by atoms with E-state index in [1.807, 2.05) is 31.2 Å². The van der Waals surface area contributed by atoms with Gasteiger partial charge < -0.3 is 9.84 Å². The molecule has 0 amide bonds. The Morgan fingerprint density at radius 3 is 2.75 bits per heavy atom. The van der Waals surface area contributed by atoms with Crippen LogP contribution in [0.3, 0.4) is 0 Å². The molecule has 0 bridgehead atoms. The van der Waals surface area contributed by atoms with Gasteiger partial charge in [-0.1, -0.05) is 17.7 Å². The largest absolute Gasteiger partial charge is 0.478 e. The number of carboxylic acids is 1. The minimum Gasteiger partial charge on any atom is -0.478 e. The topological polar surface area (TPSA) is 64.4 Å². The first-order valence-electron chi connectivity index (χ1n) is 6.63. The van der Waals surface area contributed by atoms with Gasteiger partial charge in [0, 0.05) is 18.7 Å². The van der Waals surface area contributed by atoms with Crippen molar-refractivity contribution in [3.63, 3.8) is 0 Å². The molecule has 1 unspecified atom stereocenters. The number of rotatable bonds is 3. The van der Waals surface area contributed by atoms with Crippen molar-refractivity contribution in [2.45, 2.75) is 19.3 Å². The van der Waals surface area contributed by atoms with Gasteiger partial charge in [-0.25, -0.2) is 9.48 Å². The van der Waals surface area contributed by atoms with Crippen LogP contribution in [-0.2, 0) is 4.74 Å². The summed E-state index contributed by atoms with van der Waals surface area (Å²) >= 11 is 0. The van der Waals surface area contributed by atoms with Crippen molar-refractivity contribution < 1.29 is 14.6 Å². The third-order valence-electron chi connectivity index (χ3n) is 3.59. The molecule has 5 nitrogen and oxygen atoms in total. The second-order valence-electron chi connectivity index (χ2n) is 5.07. The van der Waals surface area contributed by atoms with Crippen molar-refractivity contribution >= 4 is 5.97 Å². The Morgan fingerprint density at radius 2 is 2.15 bits per heavy atom. The van der Waals surface area contributed by atoms with Crippen LogP contribution >= 0.6 is 0 Å². The molecule has 104 valence electrons. The van der Waals surface area contributed by atoms with Crippen LogP contribution in [0.5, 0.6) is 0 Å². The summed E-state index contributed by atoms with van der Waals surface area (Å²) in [6.07, 6.45) is 2.41. The van der Waals surface area contributed by atoms with Crippen molar-refractivity contribution in [1.29, 1.82) is 0 Å². The third-order valence-corrected chi connectivity index (χ3v) is 3.59. The Hall–Kier alpha value is -2.14. The van der Waals surface area contributed by atoms with Gasteiger partial charge in [0.25, 0.3) is 0 Å². The lowest BCUT2D eigenvalue weighted by molar-refractivity contribution is 0.0695. The molecule has 1 fully saturated rings. The number of nitrogens with zero attached hydrogens (tertiary/aromatic N) is 2. The molecule has 20 heavy (non-hydrogen) atoms. The maximum absolute atomic E-state index is 11.4. The van der Waals surface area contributed by atoms with E-state index < -0.39 is 5.97 Å². The number of aromatic nitrogens is 2. The second-order valence-corrected chi connectivity index (χ2v) is 5.07. The van der Waals surface area contributed by atoms with E-state index in [0.29, 0.717) is 18.9 Å². The van der Waals surface area contributed by atoms with Crippen LogP contribution in [0.4, 0.5) is 0 Å². The summed E-state index contributed by atoms with van der Waals surface area (Å²) in [7, 11) is 0. The van der Waals surface area contributed by atoms with E-state index in [1.165, 1.54) is 0 Å². The molecular formula is C15H16N2O3. The number of carboxylic acid groups (broad SMARTS) is 1. The number of ether oxygens (including phenoxy) is 1. The number of hydrogen-bond donors (Lipinski definition) is 1. The van der Waals surface area contributed by atoms with Crippen LogP contribution in [0.2, 0.25) is 0 Å². The molecule has 1 aliphatic heterocycles. The number of benzene rings is 1. The number of aromatic carboxylic acids is 1. The van der Waals surface area contributed by atoms with Crippen LogP contribution < -0.4 is 0 Å². The summed E-state index contributed by atoms with van der Waals surface area (Å²) in [4.78, 5) is 11.4. The Balaban J connectivity index is 2.02. The highest BCUT2D eigenvalue weighted by atomic mass is 16.5. The SMILES string of the molecule is Cc1ccc(-n2cc(C(=O)O)c(C3CCOC3)n2)cc1. The first-order valence-corrected chi connectivity index (χ1v) is 6.63. The van der Waals surface area contributed by atoms with Crippen molar-refractivity contribution in [2.75, 3.05) is 13.2 Å². The molecule has 1 aliphatic rings. The molecule has 2 aromatic rings. The zero-order valence-electron chi connectivity index (χ0n) is 11.2. The number of aryl methyl sites for hydroxylation is 1. The lowest BCUT2D eigenvalue weighted by atomic mass is 10.0. The molecule has 1 saturated heterocycles. The van der Waals surface area contributed by atoms with Crippen molar-refractivity contribution in [2.24, 2.45) is 0 Å². The standard InChI is InChI=1S/C15H16N2O3/c1-10-2-4-12(5-3-10)17-8-13(15(18)19)14(16-17)11-6-7-20-9-11/h2-5,8,11H,6-7,9H2,1H3,(H,18,19). The van der Waals surface area contributed by atoms with E-state index in [-0.39, 0.29) is 11.5 Å². The summed E-state index contributed by atoms with van der Waals surface area (Å²) < 4.78 is 6.97. The number of carbonyl (C=O) groups is 1. The average molecular weight is 272 g/mol. The van der Waals surface area contributed by atoms with Gasteiger partial charge in [0.1, 0.15) is 5.56 Å². The van der Waals surface area contributed by atoms with E-state index in [4.69, 9.17) is 4.74 Å². The first-order chi connectivity index (χ1) is 9.65. The lowest BCUT2D eigenvalue weighted by Gasteiger charge is -2.05. The van der Waals surface area contributed by atoms with Gasteiger partial charge in [0.15, 0.2) is 0 Å². The van der Waals surface area contributed by atoms with Gasteiger partial charge in [0.2, 0.25) is 0 Å². The van der Waals surface area contributed by atoms with Crippen molar-refractivity contribution in [1.82, 2.24) is 9.78 Å². The van der Waals surface area contributed by atoms with Crippen LogP contribution in [-0.4, -0.2) is 34.1 Å². The van der Waals surface area contributed by atoms with Crippen LogP contribution in [0, 0.1) is 6.92 Å². The van der Waals surface area contributed by atoms with E-state index in [1.54, 1.807) is 10.9 Å². The molecule has 1 aromatic carbocycles. The minimum absolute atomic E-state index is 0.0767. The lowest BCUT2D eigenvalue weighted by Crippen LogP contribution is -2.06. The molecule has 0 aliphatic carbocycles. The summed E-state index contributed by atoms with van der Waals surface area (Å²) in [6, 6.07) is 7.83. The quantitative estimate of drug-likeness (QED) is 0.931. The highest BCUT2D eigenvalue weighted by Gasteiger charge is 2.27. The predicted octanol–water partition coefficient (Wildman–Crippen LogP) is 2.38. The monoisotopic (exact) mass is 272 g/mol. The van der Waals surface area contributed by atoms with Gasteiger partial charge in [-0.2, -0.15) is 5.10 Å². The summed E-state index contributed by atoms with van der Waals surface area (Å²) in [5, 5.41) is 13.8. The fraction of sp³-hybridized carbons (Fsp3) is 0.333. The molecule has 1 N–H and O–H groups in total. The molecule has 1 atom stereocenters. The fourth-order valence-corrected chi connectivity index (χ4v) is 2.43. The summed E-state index contributed by atoms with van der Waals surface area (Å²) in [6.45, 7) is 3.23. The molecular weight excluding hydrogens is 256 g/mol. The number of hydrogen-bond acceptors (Lipinski definition) is 3. The smallest absolute Gasteiger partial charge is 0.339 e. The van der Waals surface area contributed by atoms with E-state index >= 15 is 0 Å². The van der Waals surface area contributed by atoms with Gasteiger partial charge >= 0.3 is 5.97 Å². The van der Waals surface area contributed by atoms with Gasteiger partial charge in [-0.15, -0.1) is 0 Å². The molecule has 0 radical (unpaired) electrons. The zero-order valence-corrected chi connectivity index (χ0v) is 11.2. The highest BCUT2D eigenvalue weighted by Crippen LogP contribution is 2.27. The molecule has 0 saturated carbocycles. The van der Waals surface area contributed by atoms with E-state index in [9.17, 15) is 9.90 Å². The average Bonchev–Trinajstić information content (AvgIpc) is 3.08. The normalized spacial score (nSPS) is 18.4. The van der Waals surface area contributed by atoms with E-state index in [2.05, 4.69) is 5.10 Å². The van der Waals surface area contributed by atoms with Crippen LogP contribution in [0.25, 0.3) is 5.69 Å². The predicted molar refractivity (Wildman–Crippen MR) is 73.4 cm³/mol. The fourth-order valence-electron chi connectivity index (χ4n) is 2.43. The minimum atomic E-state index is -0.940. The van der Waals surface area contributed by atoms with Crippen LogP contribution in [0.1, 0.15) is 34.0 Å². The first kappa shape index (κ1) is 12.9. The second kappa shape index (κ2) is 5.09.